The maximum Gasteiger partial charge on any atom is 0.303 e. The number of rotatable bonds is 6. The van der Waals surface area contributed by atoms with Gasteiger partial charge in [0.25, 0.3) is 0 Å². The lowest BCUT2D eigenvalue weighted by Gasteiger charge is -2.14. The number of nitrogens with zero attached hydrogens (tertiary/aromatic N) is 1. The number of halogens is 1. The lowest BCUT2D eigenvalue weighted by molar-refractivity contribution is -0.136. The quantitative estimate of drug-likeness (QED) is 0.698. The fourth-order valence-electron chi connectivity index (χ4n) is 2.94. The molecule has 1 aromatic heterocycles. The zero-order valence-electron chi connectivity index (χ0n) is 14.1. The van der Waals surface area contributed by atoms with E-state index >= 15 is 0 Å². The summed E-state index contributed by atoms with van der Waals surface area (Å²) >= 11 is 0. The van der Waals surface area contributed by atoms with Gasteiger partial charge in [0, 0.05) is 11.4 Å². The molecule has 1 N–H and O–H groups in total. The molecule has 0 radical (unpaired) electrons. The minimum Gasteiger partial charge on any atom is -0.481 e. The smallest absolute Gasteiger partial charge is 0.303 e. The predicted octanol–water partition coefficient (Wildman–Crippen LogP) is 4.86. The van der Waals surface area contributed by atoms with Gasteiger partial charge in [-0.1, -0.05) is 19.1 Å². The van der Waals surface area contributed by atoms with Crippen molar-refractivity contribution in [2.45, 2.75) is 26.2 Å². The Balaban J connectivity index is 2.08. The van der Waals surface area contributed by atoms with Crippen LogP contribution in [0, 0.1) is 5.82 Å². The van der Waals surface area contributed by atoms with E-state index < -0.39 is 5.97 Å². The van der Waals surface area contributed by atoms with Crippen LogP contribution < -0.4 is 0 Å². The number of carboxylic acid groups (broad SMARTS) is 1. The van der Waals surface area contributed by atoms with Crippen LogP contribution in [0.1, 0.15) is 24.6 Å². The fraction of sp³-hybridized carbons (Fsp3) is 0.190. The molecule has 3 nitrogen and oxygen atoms in total. The molecule has 0 atom stereocenters. The molecule has 1 heterocycles. The maximum absolute atomic E-state index is 13.3. The van der Waals surface area contributed by atoms with Crippen LogP contribution in [0.25, 0.3) is 16.9 Å². The summed E-state index contributed by atoms with van der Waals surface area (Å²) < 4.78 is 15.3. The molecular formula is C21H20FNO2. The molecule has 0 fully saturated rings. The highest BCUT2D eigenvalue weighted by molar-refractivity contribution is 5.68. The number of aromatic nitrogens is 1. The summed E-state index contributed by atoms with van der Waals surface area (Å²) in [5.74, 6) is -1.10. The number of hydrogen-bond acceptors (Lipinski definition) is 1. The van der Waals surface area contributed by atoms with E-state index in [0.717, 1.165) is 29.1 Å². The number of hydrogen-bond donors (Lipinski definition) is 1. The Bertz CT molecular complexity index is 864. The van der Waals surface area contributed by atoms with Crippen molar-refractivity contribution < 1.29 is 14.3 Å². The van der Waals surface area contributed by atoms with Gasteiger partial charge in [0.05, 0.1) is 12.1 Å². The van der Waals surface area contributed by atoms with E-state index in [1.165, 1.54) is 17.7 Å². The summed E-state index contributed by atoms with van der Waals surface area (Å²) in [4.78, 5) is 11.0. The molecule has 0 aliphatic carbocycles. The molecule has 0 unspecified atom stereocenters. The maximum atomic E-state index is 13.3. The molecule has 128 valence electrons. The molecular weight excluding hydrogens is 317 g/mol. The number of carboxylic acids is 1. The van der Waals surface area contributed by atoms with E-state index in [9.17, 15) is 9.18 Å². The highest BCUT2D eigenvalue weighted by atomic mass is 19.1. The molecule has 25 heavy (non-hydrogen) atoms. The summed E-state index contributed by atoms with van der Waals surface area (Å²) in [6.45, 7) is 2.10. The van der Waals surface area contributed by atoms with Crippen LogP contribution in [0.3, 0.4) is 0 Å². The fourth-order valence-corrected chi connectivity index (χ4v) is 2.94. The van der Waals surface area contributed by atoms with Gasteiger partial charge in [0.2, 0.25) is 0 Å². The number of aliphatic carboxylic acids is 1. The Morgan fingerprint density at radius 1 is 1.00 bits per heavy atom. The summed E-state index contributed by atoms with van der Waals surface area (Å²) in [7, 11) is 0. The van der Waals surface area contributed by atoms with E-state index in [4.69, 9.17) is 5.11 Å². The summed E-state index contributed by atoms with van der Waals surface area (Å²) in [5, 5.41) is 9.01. The van der Waals surface area contributed by atoms with E-state index in [2.05, 4.69) is 23.6 Å². The lowest BCUT2D eigenvalue weighted by atomic mass is 10.1. The van der Waals surface area contributed by atoms with E-state index in [1.807, 2.05) is 24.3 Å². The molecule has 0 amide bonds. The van der Waals surface area contributed by atoms with Crippen LogP contribution in [0.2, 0.25) is 0 Å². The van der Waals surface area contributed by atoms with E-state index in [-0.39, 0.29) is 12.2 Å². The summed E-state index contributed by atoms with van der Waals surface area (Å²) in [6, 6.07) is 18.5. The van der Waals surface area contributed by atoms with Crippen LogP contribution in [0.15, 0.2) is 60.7 Å². The van der Waals surface area contributed by atoms with Gasteiger partial charge in [-0.3, -0.25) is 4.79 Å². The number of aryl methyl sites for hydroxylation is 2. The molecule has 0 aliphatic heterocycles. The normalized spacial score (nSPS) is 10.8. The van der Waals surface area contributed by atoms with Gasteiger partial charge in [-0.15, -0.1) is 0 Å². The average Bonchev–Trinajstić information content (AvgIpc) is 3.04. The molecule has 0 spiro atoms. The van der Waals surface area contributed by atoms with Crippen molar-refractivity contribution in [3.05, 3.63) is 77.7 Å². The second-order valence-electron chi connectivity index (χ2n) is 5.97. The standard InChI is InChI=1S/C21H20FNO2/c1-2-15-3-9-18(10-4-15)23-19(12-14-21(24)25)11-13-20(23)16-5-7-17(22)8-6-16/h3-11,13H,2,12,14H2,1H3,(H,24,25). The van der Waals surface area contributed by atoms with Gasteiger partial charge in [-0.05, 0) is 72.5 Å². The average molecular weight is 337 g/mol. The first-order valence-corrected chi connectivity index (χ1v) is 8.36. The molecule has 0 saturated heterocycles. The first kappa shape index (κ1) is 17.0. The number of benzene rings is 2. The third kappa shape index (κ3) is 3.79. The van der Waals surface area contributed by atoms with Crippen LogP contribution >= 0.6 is 0 Å². The first-order valence-electron chi connectivity index (χ1n) is 8.36. The van der Waals surface area contributed by atoms with Gasteiger partial charge in [-0.25, -0.2) is 4.39 Å². The van der Waals surface area contributed by atoms with E-state index in [1.54, 1.807) is 12.1 Å². The third-order valence-corrected chi connectivity index (χ3v) is 4.30. The Morgan fingerprint density at radius 2 is 1.68 bits per heavy atom. The Kier molecular flexibility index (Phi) is 4.98. The minimum atomic E-state index is -0.822. The second kappa shape index (κ2) is 7.34. The second-order valence-corrected chi connectivity index (χ2v) is 5.97. The molecule has 4 heteroatoms. The van der Waals surface area contributed by atoms with Crippen molar-refractivity contribution in [2.75, 3.05) is 0 Å². The van der Waals surface area contributed by atoms with Crippen LogP contribution in [-0.4, -0.2) is 15.6 Å². The van der Waals surface area contributed by atoms with Crippen molar-refractivity contribution in [2.24, 2.45) is 0 Å². The van der Waals surface area contributed by atoms with Crippen molar-refractivity contribution in [3.63, 3.8) is 0 Å². The van der Waals surface area contributed by atoms with Crippen molar-refractivity contribution in [1.29, 1.82) is 0 Å². The van der Waals surface area contributed by atoms with Crippen molar-refractivity contribution in [3.8, 4) is 16.9 Å². The summed E-state index contributed by atoms with van der Waals surface area (Å²) in [5.41, 5.74) is 4.95. The lowest BCUT2D eigenvalue weighted by Crippen LogP contribution is -2.05. The monoisotopic (exact) mass is 337 g/mol. The molecule has 0 bridgehead atoms. The first-order chi connectivity index (χ1) is 12.1. The van der Waals surface area contributed by atoms with Crippen LogP contribution in [0.4, 0.5) is 4.39 Å². The third-order valence-electron chi connectivity index (χ3n) is 4.30. The van der Waals surface area contributed by atoms with Crippen molar-refractivity contribution >= 4 is 5.97 Å². The van der Waals surface area contributed by atoms with Gasteiger partial charge in [0.1, 0.15) is 5.82 Å². The van der Waals surface area contributed by atoms with Gasteiger partial charge >= 0.3 is 5.97 Å². The largest absolute Gasteiger partial charge is 0.481 e. The Labute approximate surface area is 146 Å². The van der Waals surface area contributed by atoms with E-state index in [0.29, 0.717) is 6.42 Å². The van der Waals surface area contributed by atoms with Gasteiger partial charge in [-0.2, -0.15) is 0 Å². The topological polar surface area (TPSA) is 42.2 Å². The molecule has 3 aromatic rings. The highest BCUT2D eigenvalue weighted by Gasteiger charge is 2.13. The Morgan fingerprint density at radius 3 is 2.28 bits per heavy atom. The van der Waals surface area contributed by atoms with Gasteiger partial charge in [0.15, 0.2) is 0 Å². The minimum absolute atomic E-state index is 0.0694. The number of carbonyl (C=O) groups is 1. The van der Waals surface area contributed by atoms with Crippen LogP contribution in [-0.2, 0) is 17.6 Å². The summed E-state index contributed by atoms with van der Waals surface area (Å²) in [6.07, 6.45) is 1.47. The zero-order chi connectivity index (χ0) is 17.8. The van der Waals surface area contributed by atoms with Crippen molar-refractivity contribution in [1.82, 2.24) is 4.57 Å². The molecule has 2 aromatic carbocycles. The highest BCUT2D eigenvalue weighted by Crippen LogP contribution is 2.28. The molecule has 0 saturated carbocycles. The van der Waals surface area contributed by atoms with Crippen LogP contribution in [0.5, 0.6) is 0 Å². The Hall–Kier alpha value is -2.88. The SMILES string of the molecule is CCc1ccc(-n2c(CCC(=O)O)ccc2-c2ccc(F)cc2)cc1. The predicted molar refractivity (Wildman–Crippen MR) is 96.5 cm³/mol. The molecule has 3 rings (SSSR count). The van der Waals surface area contributed by atoms with Gasteiger partial charge < -0.3 is 9.67 Å². The molecule has 0 aliphatic rings. The zero-order valence-corrected chi connectivity index (χ0v) is 14.1.